The van der Waals surface area contributed by atoms with Gasteiger partial charge in [0.15, 0.2) is 12.3 Å². The fourth-order valence-corrected chi connectivity index (χ4v) is 2.91. The molecule has 0 radical (unpaired) electrons. The molecular weight excluding hydrogens is 388 g/mol. The average molecular weight is 416 g/mol. The first kappa shape index (κ1) is 23.1. The normalized spacial score (nSPS) is 10.6. The van der Waals surface area contributed by atoms with Crippen molar-refractivity contribution in [2.45, 2.75) is 39.2 Å². The minimum atomic E-state index is -0.796. The first-order chi connectivity index (χ1) is 14.4. The van der Waals surface area contributed by atoms with Gasteiger partial charge in [0.1, 0.15) is 0 Å². The summed E-state index contributed by atoms with van der Waals surface area (Å²) in [4.78, 5) is 50.0. The molecule has 0 saturated carbocycles. The van der Waals surface area contributed by atoms with Crippen molar-refractivity contribution in [2.24, 2.45) is 0 Å². The van der Waals surface area contributed by atoms with Gasteiger partial charge < -0.3 is 15.0 Å². The summed E-state index contributed by atoms with van der Waals surface area (Å²) in [6, 6.07) is 6.69. The second-order valence-corrected chi connectivity index (χ2v) is 6.98. The molecule has 0 saturated heterocycles. The van der Waals surface area contributed by atoms with E-state index in [9.17, 15) is 19.2 Å². The van der Waals surface area contributed by atoms with Crippen LogP contribution in [-0.2, 0) is 20.9 Å². The number of aromatic nitrogens is 2. The van der Waals surface area contributed by atoms with E-state index in [1.54, 1.807) is 24.3 Å². The Hall–Kier alpha value is -3.23. The van der Waals surface area contributed by atoms with Crippen molar-refractivity contribution in [3.05, 3.63) is 40.3 Å². The number of benzene rings is 1. The Morgan fingerprint density at radius 1 is 1.13 bits per heavy atom. The molecule has 0 unspecified atom stereocenters. The Kier molecular flexibility index (Phi) is 8.52. The lowest BCUT2D eigenvalue weighted by atomic mass is 10.1. The van der Waals surface area contributed by atoms with Crippen LogP contribution in [-0.4, -0.2) is 59.7 Å². The second kappa shape index (κ2) is 11.1. The molecule has 2 aromatic rings. The molecule has 0 aliphatic heterocycles. The summed E-state index contributed by atoms with van der Waals surface area (Å²) in [5, 5.41) is 7.39. The highest BCUT2D eigenvalue weighted by Crippen LogP contribution is 2.15. The van der Waals surface area contributed by atoms with Gasteiger partial charge in [-0.3, -0.25) is 14.4 Å². The number of likely N-dealkylation sites (N-methyl/N-ethyl adjacent to an activating group) is 2. The fourth-order valence-electron chi connectivity index (χ4n) is 2.91. The van der Waals surface area contributed by atoms with Crippen molar-refractivity contribution < 1.29 is 19.1 Å². The van der Waals surface area contributed by atoms with Gasteiger partial charge in [0.05, 0.1) is 11.9 Å². The van der Waals surface area contributed by atoms with E-state index in [1.165, 1.54) is 18.8 Å². The van der Waals surface area contributed by atoms with Crippen molar-refractivity contribution >= 4 is 28.6 Å². The van der Waals surface area contributed by atoms with Crippen LogP contribution < -0.4 is 10.9 Å². The molecule has 1 aromatic carbocycles. The van der Waals surface area contributed by atoms with Gasteiger partial charge in [-0.05, 0) is 12.5 Å². The number of ether oxygens (including phenoxy) is 1. The summed E-state index contributed by atoms with van der Waals surface area (Å²) in [5.41, 5.74) is -0.275. The molecule has 0 bridgehead atoms. The minimum absolute atomic E-state index is 0.0116. The van der Waals surface area contributed by atoms with E-state index in [1.807, 2.05) is 0 Å². The van der Waals surface area contributed by atoms with E-state index in [-0.39, 0.29) is 23.7 Å². The Morgan fingerprint density at radius 2 is 1.83 bits per heavy atom. The number of hydrogen-bond acceptors (Lipinski definition) is 6. The van der Waals surface area contributed by atoms with Crippen LogP contribution in [0.5, 0.6) is 0 Å². The maximum absolute atomic E-state index is 12.7. The number of nitrogens with zero attached hydrogens (tertiary/aromatic N) is 3. The first-order valence-corrected chi connectivity index (χ1v) is 10.0. The van der Waals surface area contributed by atoms with Crippen LogP contribution in [0.3, 0.4) is 0 Å². The smallest absolute Gasteiger partial charge is 0.359 e. The Labute approximate surface area is 175 Å². The van der Waals surface area contributed by atoms with Crippen molar-refractivity contribution in [1.29, 1.82) is 0 Å². The van der Waals surface area contributed by atoms with E-state index in [4.69, 9.17) is 4.74 Å². The number of rotatable bonds is 10. The average Bonchev–Trinajstić information content (AvgIpc) is 2.76. The van der Waals surface area contributed by atoms with E-state index < -0.39 is 18.5 Å². The molecule has 2 rings (SSSR count). The van der Waals surface area contributed by atoms with Crippen LogP contribution >= 0.6 is 0 Å². The molecule has 0 spiro atoms. The summed E-state index contributed by atoms with van der Waals surface area (Å²) in [6.07, 6.45) is 3.86. The number of esters is 1. The van der Waals surface area contributed by atoms with Crippen molar-refractivity contribution in [2.75, 3.05) is 27.2 Å². The quantitative estimate of drug-likeness (QED) is 0.462. The molecule has 1 heterocycles. The molecule has 9 nitrogen and oxygen atoms in total. The molecular formula is C21H28N4O5. The molecule has 0 fully saturated rings. The lowest BCUT2D eigenvalue weighted by Gasteiger charge is -2.16. The maximum Gasteiger partial charge on any atom is 0.359 e. The zero-order valence-electron chi connectivity index (χ0n) is 17.6. The number of nitrogens with one attached hydrogen (secondary N) is 1. The summed E-state index contributed by atoms with van der Waals surface area (Å²) >= 11 is 0. The predicted molar refractivity (Wildman–Crippen MR) is 112 cm³/mol. The van der Waals surface area contributed by atoms with Crippen molar-refractivity contribution in [3.63, 3.8) is 0 Å². The number of carbonyl (C=O) groups excluding carboxylic acids is 3. The third-order valence-corrected chi connectivity index (χ3v) is 4.70. The van der Waals surface area contributed by atoms with Gasteiger partial charge in [0.25, 0.3) is 11.5 Å². The van der Waals surface area contributed by atoms with Gasteiger partial charge in [-0.1, -0.05) is 44.4 Å². The number of fused-ring (bicyclic) bond motifs is 1. The van der Waals surface area contributed by atoms with Crippen LogP contribution in [0.4, 0.5) is 0 Å². The summed E-state index contributed by atoms with van der Waals surface area (Å²) in [7, 11) is 2.91. The molecule has 0 aliphatic rings. The fraction of sp³-hybridized carbons (Fsp3) is 0.476. The highest BCUT2D eigenvalue weighted by molar-refractivity contribution is 6.02. The number of amides is 2. The van der Waals surface area contributed by atoms with E-state index in [2.05, 4.69) is 17.3 Å². The molecule has 30 heavy (non-hydrogen) atoms. The van der Waals surface area contributed by atoms with Crippen LogP contribution in [0.1, 0.15) is 43.1 Å². The van der Waals surface area contributed by atoms with Crippen molar-refractivity contribution in [1.82, 2.24) is 20.0 Å². The Morgan fingerprint density at radius 3 is 2.50 bits per heavy atom. The second-order valence-electron chi connectivity index (χ2n) is 6.98. The Bertz CT molecular complexity index is 970. The third-order valence-electron chi connectivity index (χ3n) is 4.70. The predicted octanol–water partition coefficient (Wildman–Crippen LogP) is 1.34. The van der Waals surface area contributed by atoms with Gasteiger partial charge in [-0.25, -0.2) is 9.48 Å². The number of aryl methyl sites for hydroxylation is 1. The number of unbranched alkanes of at least 4 members (excludes halogenated alkanes) is 3. The van der Waals surface area contributed by atoms with Gasteiger partial charge in [0, 0.05) is 26.0 Å². The van der Waals surface area contributed by atoms with Gasteiger partial charge in [-0.2, -0.15) is 5.10 Å². The standard InChI is InChI=1S/C21H28N4O5/c1-4-5-6-9-12-25-20(28)16-11-8-7-10-15(16)19(23-25)21(29)30-14-18(27)24(3)13-17(26)22-2/h7-8,10-11H,4-6,9,12-14H2,1-3H3,(H,22,26). The molecule has 9 heteroatoms. The van der Waals surface area contributed by atoms with Crippen molar-refractivity contribution in [3.8, 4) is 0 Å². The highest BCUT2D eigenvalue weighted by Gasteiger charge is 2.20. The molecule has 2 amide bonds. The van der Waals surface area contributed by atoms with E-state index in [0.717, 1.165) is 30.6 Å². The monoisotopic (exact) mass is 416 g/mol. The number of hydrogen-bond donors (Lipinski definition) is 1. The van der Waals surface area contributed by atoms with Crippen LogP contribution in [0.2, 0.25) is 0 Å². The Balaban J connectivity index is 2.19. The summed E-state index contributed by atoms with van der Waals surface area (Å²) in [5.74, 6) is -1.65. The lowest BCUT2D eigenvalue weighted by Crippen LogP contribution is -2.39. The zero-order valence-corrected chi connectivity index (χ0v) is 17.6. The van der Waals surface area contributed by atoms with Crippen LogP contribution in [0, 0.1) is 0 Å². The molecule has 1 N–H and O–H groups in total. The summed E-state index contributed by atoms with van der Waals surface area (Å²) in [6.45, 7) is 1.83. The largest absolute Gasteiger partial charge is 0.451 e. The SMILES string of the molecule is CCCCCCn1nc(C(=O)OCC(=O)N(C)CC(=O)NC)c2ccccc2c1=O. The van der Waals surface area contributed by atoms with Gasteiger partial charge in [-0.15, -0.1) is 0 Å². The van der Waals surface area contributed by atoms with Gasteiger partial charge >= 0.3 is 5.97 Å². The van der Waals surface area contributed by atoms with Crippen LogP contribution in [0.15, 0.2) is 29.1 Å². The lowest BCUT2D eigenvalue weighted by molar-refractivity contribution is -0.137. The van der Waals surface area contributed by atoms with Crippen LogP contribution in [0.25, 0.3) is 10.8 Å². The first-order valence-electron chi connectivity index (χ1n) is 10.0. The molecule has 162 valence electrons. The topological polar surface area (TPSA) is 111 Å². The zero-order chi connectivity index (χ0) is 22.1. The van der Waals surface area contributed by atoms with Gasteiger partial charge in [0.2, 0.25) is 5.91 Å². The molecule has 0 atom stereocenters. The third kappa shape index (κ3) is 5.88. The minimum Gasteiger partial charge on any atom is -0.451 e. The summed E-state index contributed by atoms with van der Waals surface area (Å²) < 4.78 is 6.42. The molecule has 0 aliphatic carbocycles. The maximum atomic E-state index is 12.7. The number of carbonyl (C=O) groups is 3. The highest BCUT2D eigenvalue weighted by atomic mass is 16.5. The molecule has 1 aromatic heterocycles. The van der Waals surface area contributed by atoms with E-state index >= 15 is 0 Å². The van der Waals surface area contributed by atoms with E-state index in [0.29, 0.717) is 17.3 Å².